The summed E-state index contributed by atoms with van der Waals surface area (Å²) in [6.07, 6.45) is 0. The van der Waals surface area contributed by atoms with Crippen molar-refractivity contribution >= 4 is 34.0 Å². The smallest absolute Gasteiger partial charge is 0.491 e. The third-order valence-electron chi connectivity index (χ3n) is 1.96. The van der Waals surface area contributed by atoms with Gasteiger partial charge in [-0.05, 0) is 16.8 Å². The third kappa shape index (κ3) is 1.28. The number of hydrogen-bond acceptors (Lipinski definition) is 4. The van der Waals surface area contributed by atoms with Crippen LogP contribution < -0.4 is 5.46 Å². The van der Waals surface area contributed by atoms with Crippen LogP contribution in [0.5, 0.6) is 5.75 Å². The minimum Gasteiger partial charge on any atom is -0.504 e. The van der Waals surface area contributed by atoms with Crippen molar-refractivity contribution < 1.29 is 19.5 Å². The molecule has 3 N–H and O–H groups in total. The fourth-order valence-electron chi connectivity index (χ4n) is 1.28. The largest absolute Gasteiger partial charge is 0.504 e. The Morgan fingerprint density at radius 3 is 2.71 bits per heavy atom. The van der Waals surface area contributed by atoms with Gasteiger partial charge in [-0.2, -0.15) is 0 Å². The SMILES string of the molecule is OB(O)c1cc2ccsc2c(O)c1F. The van der Waals surface area contributed by atoms with Crippen LogP contribution in [0.2, 0.25) is 0 Å². The molecule has 1 aromatic heterocycles. The van der Waals surface area contributed by atoms with Crippen LogP contribution >= 0.6 is 11.3 Å². The summed E-state index contributed by atoms with van der Waals surface area (Å²) < 4.78 is 13.7. The Hall–Kier alpha value is -1.11. The summed E-state index contributed by atoms with van der Waals surface area (Å²) in [5.41, 5.74) is -0.312. The molecule has 0 saturated heterocycles. The summed E-state index contributed by atoms with van der Waals surface area (Å²) in [6.45, 7) is 0. The number of fused-ring (bicyclic) bond motifs is 1. The lowest BCUT2D eigenvalue weighted by Gasteiger charge is -2.04. The van der Waals surface area contributed by atoms with Gasteiger partial charge in [-0.25, -0.2) is 4.39 Å². The molecule has 14 heavy (non-hydrogen) atoms. The van der Waals surface area contributed by atoms with Gasteiger partial charge in [0.05, 0.1) is 4.70 Å². The zero-order valence-corrected chi connectivity index (χ0v) is 7.75. The number of thiophene rings is 1. The predicted molar refractivity (Wildman–Crippen MR) is 53.3 cm³/mol. The van der Waals surface area contributed by atoms with E-state index in [-0.39, 0.29) is 5.46 Å². The van der Waals surface area contributed by atoms with E-state index >= 15 is 0 Å². The lowest BCUT2D eigenvalue weighted by molar-refractivity contribution is 0.415. The number of aromatic hydroxyl groups is 1. The summed E-state index contributed by atoms with van der Waals surface area (Å²) >= 11 is 1.20. The van der Waals surface area contributed by atoms with Crippen LogP contribution in [-0.4, -0.2) is 22.3 Å². The van der Waals surface area contributed by atoms with Crippen molar-refractivity contribution in [3.8, 4) is 5.75 Å². The molecule has 3 nitrogen and oxygen atoms in total. The summed E-state index contributed by atoms with van der Waals surface area (Å²) in [5, 5.41) is 29.3. The van der Waals surface area contributed by atoms with Crippen LogP contribution in [-0.2, 0) is 0 Å². The molecule has 0 aliphatic rings. The second kappa shape index (κ2) is 3.23. The van der Waals surface area contributed by atoms with Crippen molar-refractivity contribution in [2.45, 2.75) is 0 Å². The van der Waals surface area contributed by atoms with Gasteiger partial charge in [0.1, 0.15) is 0 Å². The van der Waals surface area contributed by atoms with Crippen LogP contribution in [0.4, 0.5) is 4.39 Å². The predicted octanol–water partition coefficient (Wildman–Crippen LogP) is 0.426. The summed E-state index contributed by atoms with van der Waals surface area (Å²) in [4.78, 5) is 0. The highest BCUT2D eigenvalue weighted by Gasteiger charge is 2.21. The number of rotatable bonds is 1. The van der Waals surface area contributed by atoms with E-state index in [1.54, 1.807) is 11.4 Å². The number of phenols is 1. The average Bonchev–Trinajstić information content (AvgIpc) is 2.58. The zero-order valence-electron chi connectivity index (χ0n) is 6.94. The first-order valence-corrected chi connectivity index (χ1v) is 4.74. The van der Waals surface area contributed by atoms with Gasteiger partial charge in [-0.15, -0.1) is 11.3 Å². The number of halogens is 1. The molecule has 0 amide bonds. The van der Waals surface area contributed by atoms with Crippen LogP contribution in [0.3, 0.4) is 0 Å². The maximum absolute atomic E-state index is 13.3. The van der Waals surface area contributed by atoms with E-state index in [9.17, 15) is 9.50 Å². The van der Waals surface area contributed by atoms with E-state index in [1.165, 1.54) is 17.4 Å². The fourth-order valence-corrected chi connectivity index (χ4v) is 2.10. The number of hydrogen-bond donors (Lipinski definition) is 3. The molecule has 6 heteroatoms. The minimum absolute atomic E-state index is 0.312. The first-order chi connectivity index (χ1) is 6.61. The van der Waals surface area contributed by atoms with Gasteiger partial charge in [0, 0.05) is 5.46 Å². The summed E-state index contributed by atoms with van der Waals surface area (Å²) in [5.74, 6) is -1.50. The highest BCUT2D eigenvalue weighted by molar-refractivity contribution is 7.17. The lowest BCUT2D eigenvalue weighted by Crippen LogP contribution is -2.32. The van der Waals surface area contributed by atoms with Crippen LogP contribution in [0.1, 0.15) is 0 Å². The number of phenolic OH excluding ortho intramolecular Hbond substituents is 1. The fraction of sp³-hybridized carbons (Fsp3) is 0. The molecule has 0 fully saturated rings. The van der Waals surface area contributed by atoms with Gasteiger partial charge in [0.25, 0.3) is 0 Å². The van der Waals surface area contributed by atoms with Crippen molar-refractivity contribution in [2.24, 2.45) is 0 Å². The second-order valence-corrected chi connectivity index (χ2v) is 3.76. The number of benzene rings is 1. The second-order valence-electron chi connectivity index (χ2n) is 2.84. The molecule has 0 aliphatic carbocycles. The van der Waals surface area contributed by atoms with Crippen molar-refractivity contribution in [3.63, 3.8) is 0 Å². The first kappa shape index (κ1) is 9.45. The molecule has 0 atom stereocenters. The third-order valence-corrected chi connectivity index (χ3v) is 2.90. The van der Waals surface area contributed by atoms with E-state index in [1.807, 2.05) is 0 Å². The quantitative estimate of drug-likeness (QED) is 0.600. The van der Waals surface area contributed by atoms with Gasteiger partial charge in [0.15, 0.2) is 11.6 Å². The normalized spacial score (nSPS) is 10.8. The Kier molecular flexibility index (Phi) is 2.18. The molecule has 1 aromatic carbocycles. The van der Waals surface area contributed by atoms with Gasteiger partial charge in [0.2, 0.25) is 0 Å². The van der Waals surface area contributed by atoms with Gasteiger partial charge in [-0.1, -0.05) is 6.07 Å². The molecular formula is C8H6BFO3S. The van der Waals surface area contributed by atoms with Gasteiger partial charge >= 0.3 is 7.12 Å². The molecule has 0 saturated carbocycles. The standard InChI is InChI=1S/C8H6BFO3S/c10-6-5(9(12)13)3-4-1-2-14-8(4)7(6)11/h1-3,11-13H. The summed E-state index contributed by atoms with van der Waals surface area (Å²) in [7, 11) is -1.91. The Labute approximate surface area is 83.2 Å². The van der Waals surface area contributed by atoms with Crippen molar-refractivity contribution in [3.05, 3.63) is 23.3 Å². The molecule has 0 aliphatic heterocycles. The zero-order chi connectivity index (χ0) is 10.3. The van der Waals surface area contributed by atoms with Crippen molar-refractivity contribution in [2.75, 3.05) is 0 Å². The first-order valence-electron chi connectivity index (χ1n) is 3.86. The topological polar surface area (TPSA) is 60.7 Å². The Balaban J connectivity index is 2.80. The Morgan fingerprint density at radius 2 is 2.07 bits per heavy atom. The van der Waals surface area contributed by atoms with E-state index in [4.69, 9.17) is 10.0 Å². The monoisotopic (exact) mass is 212 g/mol. The molecule has 1 heterocycles. The van der Waals surface area contributed by atoms with Crippen molar-refractivity contribution in [1.29, 1.82) is 0 Å². The summed E-state index contributed by atoms with van der Waals surface area (Å²) in [6, 6.07) is 2.98. The Bertz CT molecular complexity index is 483. The minimum atomic E-state index is -1.91. The molecule has 0 bridgehead atoms. The molecular weight excluding hydrogens is 206 g/mol. The van der Waals surface area contributed by atoms with Crippen LogP contribution in [0.25, 0.3) is 10.1 Å². The highest BCUT2D eigenvalue weighted by Crippen LogP contribution is 2.30. The van der Waals surface area contributed by atoms with Gasteiger partial charge in [-0.3, -0.25) is 0 Å². The maximum atomic E-state index is 13.3. The highest BCUT2D eigenvalue weighted by atomic mass is 32.1. The van der Waals surface area contributed by atoms with Gasteiger partial charge < -0.3 is 15.2 Å². The van der Waals surface area contributed by atoms with E-state index in [0.717, 1.165) is 0 Å². The van der Waals surface area contributed by atoms with Crippen LogP contribution in [0, 0.1) is 5.82 Å². The molecule has 2 rings (SSSR count). The molecule has 72 valence electrons. The van der Waals surface area contributed by atoms with E-state index < -0.39 is 18.7 Å². The molecule has 2 aromatic rings. The van der Waals surface area contributed by atoms with E-state index in [2.05, 4.69) is 0 Å². The molecule has 0 unspecified atom stereocenters. The average molecular weight is 212 g/mol. The van der Waals surface area contributed by atoms with Crippen molar-refractivity contribution in [1.82, 2.24) is 0 Å². The maximum Gasteiger partial charge on any atom is 0.491 e. The molecule has 0 radical (unpaired) electrons. The molecule has 0 spiro atoms. The van der Waals surface area contributed by atoms with Crippen LogP contribution in [0.15, 0.2) is 17.5 Å². The van der Waals surface area contributed by atoms with E-state index in [0.29, 0.717) is 10.1 Å². The lowest BCUT2D eigenvalue weighted by atomic mass is 9.79. The Morgan fingerprint density at radius 1 is 1.36 bits per heavy atom.